The van der Waals surface area contributed by atoms with E-state index >= 15 is 0 Å². The van der Waals surface area contributed by atoms with Gasteiger partial charge in [0.25, 0.3) is 0 Å². The fourth-order valence-electron chi connectivity index (χ4n) is 4.75. The van der Waals surface area contributed by atoms with Crippen molar-refractivity contribution >= 4 is 42.8 Å². The number of ether oxygens (including phenoxy) is 2. The van der Waals surface area contributed by atoms with Crippen molar-refractivity contribution in [1.29, 1.82) is 0 Å². The van der Waals surface area contributed by atoms with Crippen LogP contribution in [0.3, 0.4) is 0 Å². The van der Waals surface area contributed by atoms with Crippen molar-refractivity contribution < 1.29 is 48.5 Å². The summed E-state index contributed by atoms with van der Waals surface area (Å²) in [7, 11) is 1.78. The standard InChI is InChI=1S/C29H50BN4O10/c1-3-14-43-16-17-44-15-4-13-31-28(40)22(10-12-26(37)38)33-24(35)11-9-23(29(41)42)34-27(39)21-7-5-20(6-8-21)19-32-25(36)18-30-2/h20-23H,3-19H2,1-2H3,(H,31,40)(H,32,36)(H,33,35)(H,34,39)(H,37,38)(H,41,42). The molecule has 14 nitrogen and oxygen atoms in total. The quantitative estimate of drug-likeness (QED) is 0.0654. The number of carbonyl (C=O) groups is 6. The zero-order valence-electron chi connectivity index (χ0n) is 26.1. The van der Waals surface area contributed by atoms with Crippen LogP contribution < -0.4 is 21.3 Å². The fourth-order valence-corrected chi connectivity index (χ4v) is 4.75. The van der Waals surface area contributed by atoms with Crippen LogP contribution in [0, 0.1) is 11.8 Å². The molecule has 0 heterocycles. The van der Waals surface area contributed by atoms with Crippen molar-refractivity contribution in [2.45, 2.75) is 96.4 Å². The molecule has 0 bridgehead atoms. The lowest BCUT2D eigenvalue weighted by molar-refractivity contribution is -0.143. The Labute approximate surface area is 260 Å². The average molecular weight is 626 g/mol. The Hall–Kier alpha value is -3.20. The highest BCUT2D eigenvalue weighted by Crippen LogP contribution is 2.28. The van der Waals surface area contributed by atoms with Crippen LogP contribution in [0.25, 0.3) is 0 Å². The molecular weight excluding hydrogens is 575 g/mol. The maximum Gasteiger partial charge on any atom is 0.326 e. The zero-order valence-corrected chi connectivity index (χ0v) is 26.1. The summed E-state index contributed by atoms with van der Waals surface area (Å²) < 4.78 is 10.7. The number of carboxylic acids is 2. The Kier molecular flexibility index (Phi) is 20.5. The third-order valence-corrected chi connectivity index (χ3v) is 7.25. The van der Waals surface area contributed by atoms with Crippen LogP contribution in [0.15, 0.2) is 0 Å². The van der Waals surface area contributed by atoms with Crippen LogP contribution in [-0.2, 0) is 38.2 Å². The van der Waals surface area contributed by atoms with Gasteiger partial charge in [0.2, 0.25) is 23.6 Å². The highest BCUT2D eigenvalue weighted by Gasteiger charge is 2.30. The maximum atomic E-state index is 12.8. The smallest absolute Gasteiger partial charge is 0.326 e. The van der Waals surface area contributed by atoms with Gasteiger partial charge in [-0.15, -0.1) is 0 Å². The molecule has 2 unspecified atom stereocenters. The van der Waals surface area contributed by atoms with E-state index in [2.05, 4.69) is 21.3 Å². The third-order valence-electron chi connectivity index (χ3n) is 7.25. The Morgan fingerprint density at radius 3 is 2.09 bits per heavy atom. The molecule has 0 aliphatic heterocycles. The first-order chi connectivity index (χ1) is 21.1. The summed E-state index contributed by atoms with van der Waals surface area (Å²) in [6.07, 6.45) is 3.41. The molecule has 0 aromatic carbocycles. The highest BCUT2D eigenvalue weighted by molar-refractivity contribution is 6.39. The Morgan fingerprint density at radius 1 is 0.818 bits per heavy atom. The molecule has 249 valence electrons. The molecule has 4 amide bonds. The summed E-state index contributed by atoms with van der Waals surface area (Å²) in [5.74, 6) is -4.12. The lowest BCUT2D eigenvalue weighted by Gasteiger charge is -2.28. The number of carboxylic acid groups (broad SMARTS) is 2. The molecule has 0 spiro atoms. The molecule has 1 saturated carbocycles. The van der Waals surface area contributed by atoms with Gasteiger partial charge in [-0.1, -0.05) is 13.7 Å². The van der Waals surface area contributed by atoms with Gasteiger partial charge in [0.15, 0.2) is 0 Å². The molecule has 0 aromatic rings. The van der Waals surface area contributed by atoms with Gasteiger partial charge in [-0.05, 0) is 63.6 Å². The van der Waals surface area contributed by atoms with E-state index in [1.54, 1.807) is 7.28 Å². The second kappa shape index (κ2) is 23.2. The minimum absolute atomic E-state index is 0.0420. The van der Waals surface area contributed by atoms with Crippen LogP contribution in [0.5, 0.6) is 0 Å². The SMILES string of the molecule is C[B]CC(=O)NCC1CCC(C(=O)NC(CCC(=O)NC(CCC(=O)O)C(=O)NCCCOCCOCCC)C(=O)O)CC1. The third kappa shape index (κ3) is 17.8. The summed E-state index contributed by atoms with van der Waals surface area (Å²) in [5, 5.41) is 29.2. The lowest BCUT2D eigenvalue weighted by atomic mass is 9.77. The number of hydrogen-bond donors (Lipinski definition) is 6. The van der Waals surface area contributed by atoms with E-state index in [4.69, 9.17) is 14.6 Å². The molecule has 0 saturated heterocycles. The molecule has 1 rings (SSSR count). The molecule has 1 aliphatic carbocycles. The van der Waals surface area contributed by atoms with Crippen LogP contribution in [0.1, 0.15) is 71.1 Å². The van der Waals surface area contributed by atoms with Crippen LogP contribution in [-0.4, -0.2) is 105 Å². The molecule has 1 fully saturated rings. The van der Waals surface area contributed by atoms with Crippen molar-refractivity contribution in [3.05, 3.63) is 0 Å². The predicted octanol–water partition coefficient (Wildman–Crippen LogP) is 0.728. The maximum absolute atomic E-state index is 12.8. The van der Waals surface area contributed by atoms with Crippen LogP contribution in [0.2, 0.25) is 13.1 Å². The molecule has 0 aromatic heterocycles. The molecule has 6 N–H and O–H groups in total. The normalized spacial score (nSPS) is 17.5. The summed E-state index contributed by atoms with van der Waals surface area (Å²) >= 11 is 0. The number of hydrogen-bond acceptors (Lipinski definition) is 8. The van der Waals surface area contributed by atoms with E-state index < -0.39 is 41.7 Å². The molecule has 1 aliphatic rings. The van der Waals surface area contributed by atoms with E-state index in [0.29, 0.717) is 58.6 Å². The molecule has 1 radical (unpaired) electrons. The fraction of sp³-hybridized carbons (Fsp3) is 0.793. The molecule has 44 heavy (non-hydrogen) atoms. The monoisotopic (exact) mass is 625 g/mol. The van der Waals surface area contributed by atoms with Gasteiger partial charge >= 0.3 is 11.9 Å². The summed E-state index contributed by atoms with van der Waals surface area (Å²) in [5.41, 5.74) is 0. The van der Waals surface area contributed by atoms with Gasteiger partial charge in [0.1, 0.15) is 19.4 Å². The van der Waals surface area contributed by atoms with Crippen molar-refractivity contribution in [2.24, 2.45) is 11.8 Å². The highest BCUT2D eigenvalue weighted by atomic mass is 16.5. The first kappa shape index (κ1) is 38.8. The topological polar surface area (TPSA) is 209 Å². The number of amides is 4. The van der Waals surface area contributed by atoms with Crippen molar-refractivity contribution in [1.82, 2.24) is 21.3 Å². The largest absolute Gasteiger partial charge is 0.481 e. The minimum Gasteiger partial charge on any atom is -0.481 e. The van der Waals surface area contributed by atoms with Crippen molar-refractivity contribution in [3.8, 4) is 0 Å². The van der Waals surface area contributed by atoms with E-state index in [-0.39, 0.29) is 50.0 Å². The van der Waals surface area contributed by atoms with Gasteiger partial charge in [-0.3, -0.25) is 24.0 Å². The van der Waals surface area contributed by atoms with Gasteiger partial charge < -0.3 is 41.0 Å². The average Bonchev–Trinajstić information content (AvgIpc) is 2.99. The second-order valence-electron chi connectivity index (χ2n) is 11.0. The Bertz CT molecular complexity index is 915. The van der Waals surface area contributed by atoms with Crippen molar-refractivity contribution in [3.63, 3.8) is 0 Å². The van der Waals surface area contributed by atoms with Crippen LogP contribution >= 0.6 is 0 Å². The number of nitrogens with one attached hydrogen (secondary N) is 4. The first-order valence-electron chi connectivity index (χ1n) is 15.6. The van der Waals surface area contributed by atoms with Crippen molar-refractivity contribution in [2.75, 3.05) is 39.5 Å². The summed E-state index contributed by atoms with van der Waals surface area (Å²) in [6.45, 7) is 6.60. The lowest BCUT2D eigenvalue weighted by Crippen LogP contribution is -2.48. The minimum atomic E-state index is -1.30. The van der Waals surface area contributed by atoms with E-state index in [1.807, 2.05) is 13.7 Å². The van der Waals surface area contributed by atoms with Gasteiger partial charge in [0, 0.05) is 45.1 Å². The van der Waals surface area contributed by atoms with E-state index in [0.717, 1.165) is 19.3 Å². The molecule has 15 heteroatoms. The second-order valence-corrected chi connectivity index (χ2v) is 11.0. The number of carbonyl (C=O) groups excluding carboxylic acids is 4. The van der Waals surface area contributed by atoms with Gasteiger partial charge in [0.05, 0.1) is 13.2 Å². The summed E-state index contributed by atoms with van der Waals surface area (Å²) in [6, 6.07) is -2.41. The van der Waals surface area contributed by atoms with E-state index in [1.165, 1.54) is 0 Å². The number of aliphatic carboxylic acids is 2. The van der Waals surface area contributed by atoms with Crippen LogP contribution in [0.4, 0.5) is 0 Å². The molecular formula is C29H50BN4O10. The van der Waals surface area contributed by atoms with E-state index in [9.17, 15) is 33.9 Å². The first-order valence-corrected chi connectivity index (χ1v) is 15.6. The Morgan fingerprint density at radius 2 is 1.48 bits per heavy atom. The van der Waals surface area contributed by atoms with Gasteiger partial charge in [-0.25, -0.2) is 4.79 Å². The summed E-state index contributed by atoms with van der Waals surface area (Å²) in [4.78, 5) is 72.6. The Balaban J connectivity index is 2.48. The predicted molar refractivity (Wildman–Crippen MR) is 162 cm³/mol. The zero-order chi connectivity index (χ0) is 32.7. The van der Waals surface area contributed by atoms with Gasteiger partial charge in [-0.2, -0.15) is 0 Å². The number of rotatable bonds is 24. The molecule has 2 atom stereocenters.